The highest BCUT2D eigenvalue weighted by atomic mass is 127. The van der Waals surface area contributed by atoms with E-state index in [1.807, 2.05) is 14.1 Å². The zero-order valence-electron chi connectivity index (χ0n) is 16.2. The van der Waals surface area contributed by atoms with Crippen molar-refractivity contribution in [3.05, 3.63) is 70.8 Å². The molecule has 0 aliphatic carbocycles. The van der Waals surface area contributed by atoms with Crippen molar-refractivity contribution in [1.82, 2.24) is 15.5 Å². The number of hydrogen-bond acceptors (Lipinski definition) is 2. The van der Waals surface area contributed by atoms with Gasteiger partial charge in [0.15, 0.2) is 5.96 Å². The molecule has 0 bridgehead atoms. The largest absolute Gasteiger partial charge is 0.416 e. The van der Waals surface area contributed by atoms with E-state index in [9.17, 15) is 13.2 Å². The highest BCUT2D eigenvalue weighted by Crippen LogP contribution is 2.29. The molecule has 4 nitrogen and oxygen atoms in total. The average molecular weight is 506 g/mol. The molecule has 8 heteroatoms. The Kier molecular flexibility index (Phi) is 9.74. The molecular weight excluding hydrogens is 480 g/mol. The summed E-state index contributed by atoms with van der Waals surface area (Å²) in [5.74, 6) is 0.590. The monoisotopic (exact) mass is 506 g/mol. The minimum atomic E-state index is -4.31. The van der Waals surface area contributed by atoms with Crippen LogP contribution < -0.4 is 10.6 Å². The first kappa shape index (κ1) is 24.2. The van der Waals surface area contributed by atoms with Crippen LogP contribution in [0.2, 0.25) is 0 Å². The fourth-order valence-corrected chi connectivity index (χ4v) is 2.53. The summed E-state index contributed by atoms with van der Waals surface area (Å²) < 4.78 is 37.8. The number of nitrogens with one attached hydrogen (secondary N) is 2. The quantitative estimate of drug-likeness (QED) is 0.350. The average Bonchev–Trinajstić information content (AvgIpc) is 2.62. The van der Waals surface area contributed by atoms with Crippen molar-refractivity contribution >= 4 is 29.9 Å². The Balaban J connectivity index is 0.00000392. The third kappa shape index (κ3) is 8.05. The summed E-state index contributed by atoms with van der Waals surface area (Å²) >= 11 is 0. The van der Waals surface area contributed by atoms with Gasteiger partial charge in [-0.15, -0.1) is 24.0 Å². The van der Waals surface area contributed by atoms with Crippen LogP contribution in [-0.2, 0) is 25.8 Å². The molecule has 2 rings (SSSR count). The Morgan fingerprint density at radius 3 is 1.68 bits per heavy atom. The first-order valence-corrected chi connectivity index (χ1v) is 8.61. The van der Waals surface area contributed by atoms with Crippen molar-refractivity contribution < 1.29 is 13.2 Å². The lowest BCUT2D eigenvalue weighted by Gasteiger charge is -2.13. The van der Waals surface area contributed by atoms with Gasteiger partial charge in [0, 0.05) is 26.7 Å². The maximum Gasteiger partial charge on any atom is 0.416 e. The first-order valence-electron chi connectivity index (χ1n) is 8.61. The number of halogens is 4. The number of nitrogens with zero attached hydrogens (tertiary/aromatic N) is 2. The van der Waals surface area contributed by atoms with Gasteiger partial charge in [-0.25, -0.2) is 0 Å². The van der Waals surface area contributed by atoms with Crippen LogP contribution in [-0.4, -0.2) is 32.0 Å². The van der Waals surface area contributed by atoms with Gasteiger partial charge in [0.05, 0.1) is 5.56 Å². The highest BCUT2D eigenvalue weighted by molar-refractivity contribution is 14.0. The van der Waals surface area contributed by atoms with Crippen LogP contribution in [0.4, 0.5) is 13.2 Å². The van der Waals surface area contributed by atoms with Crippen LogP contribution >= 0.6 is 24.0 Å². The van der Waals surface area contributed by atoms with Crippen LogP contribution in [0.1, 0.15) is 22.3 Å². The second-order valence-electron chi connectivity index (χ2n) is 6.53. The molecule has 0 amide bonds. The maximum atomic E-state index is 12.6. The Labute approximate surface area is 181 Å². The highest BCUT2D eigenvalue weighted by Gasteiger charge is 2.29. The van der Waals surface area contributed by atoms with E-state index >= 15 is 0 Å². The van der Waals surface area contributed by atoms with Crippen molar-refractivity contribution in [2.24, 2.45) is 4.99 Å². The van der Waals surface area contributed by atoms with E-state index in [4.69, 9.17) is 0 Å². The number of benzene rings is 2. The van der Waals surface area contributed by atoms with E-state index in [1.54, 1.807) is 7.05 Å². The van der Waals surface area contributed by atoms with Gasteiger partial charge in [-0.2, -0.15) is 13.2 Å². The summed E-state index contributed by atoms with van der Waals surface area (Å²) in [5.41, 5.74) is 2.47. The summed E-state index contributed by atoms with van der Waals surface area (Å²) in [7, 11) is 5.71. The summed E-state index contributed by atoms with van der Waals surface area (Å²) in [4.78, 5) is 6.25. The lowest BCUT2D eigenvalue weighted by atomic mass is 10.1. The normalized spacial score (nSPS) is 11.9. The van der Waals surface area contributed by atoms with Crippen LogP contribution in [0.25, 0.3) is 0 Å². The van der Waals surface area contributed by atoms with E-state index in [1.165, 1.54) is 17.7 Å². The number of alkyl halides is 3. The molecule has 2 aromatic carbocycles. The van der Waals surface area contributed by atoms with E-state index in [2.05, 4.69) is 44.8 Å². The smallest absolute Gasteiger partial charge is 0.352 e. The molecule has 2 N–H and O–H groups in total. The molecule has 0 radical (unpaired) electrons. The van der Waals surface area contributed by atoms with Gasteiger partial charge in [0.1, 0.15) is 0 Å². The molecule has 2 aromatic rings. The maximum absolute atomic E-state index is 12.6. The predicted octanol–water partition coefficient (Wildman–Crippen LogP) is 4.25. The molecule has 0 spiro atoms. The molecule has 0 aliphatic rings. The summed E-state index contributed by atoms with van der Waals surface area (Å²) in [6.07, 6.45) is -4.31. The number of guanidine groups is 1. The Morgan fingerprint density at radius 1 is 0.857 bits per heavy atom. The molecule has 0 aliphatic heterocycles. The van der Waals surface area contributed by atoms with Crippen molar-refractivity contribution in [3.8, 4) is 0 Å². The fourth-order valence-electron chi connectivity index (χ4n) is 2.53. The minimum absolute atomic E-state index is 0. The van der Waals surface area contributed by atoms with Gasteiger partial charge in [0.25, 0.3) is 0 Å². The standard InChI is InChI=1S/C20H25F3N4.HI/c1-24-19(25-12-15-4-6-17(7-5-15)14-27(2)3)26-13-16-8-10-18(11-9-16)20(21,22)23;/h4-11H,12-14H2,1-3H3,(H2,24,25,26);1H. The van der Waals surface area contributed by atoms with Gasteiger partial charge >= 0.3 is 6.18 Å². The molecule has 0 unspecified atom stereocenters. The fraction of sp³-hybridized carbons (Fsp3) is 0.350. The zero-order chi connectivity index (χ0) is 19.9. The molecule has 0 saturated heterocycles. The van der Waals surface area contributed by atoms with Crippen molar-refractivity contribution in [2.75, 3.05) is 21.1 Å². The van der Waals surface area contributed by atoms with Crippen molar-refractivity contribution in [1.29, 1.82) is 0 Å². The van der Waals surface area contributed by atoms with Crippen LogP contribution in [0.5, 0.6) is 0 Å². The number of aliphatic imine (C=N–C) groups is 1. The summed E-state index contributed by atoms with van der Waals surface area (Å²) in [5, 5.41) is 6.30. The van der Waals surface area contributed by atoms with Gasteiger partial charge in [-0.3, -0.25) is 4.99 Å². The molecule has 0 aromatic heterocycles. The van der Waals surface area contributed by atoms with E-state index in [0.29, 0.717) is 19.0 Å². The Bertz CT molecular complexity index is 742. The summed E-state index contributed by atoms with van der Waals surface area (Å²) in [6, 6.07) is 13.4. The Morgan fingerprint density at radius 2 is 1.29 bits per heavy atom. The minimum Gasteiger partial charge on any atom is -0.352 e. The van der Waals surface area contributed by atoms with Gasteiger partial charge in [-0.05, 0) is 42.9 Å². The summed E-state index contributed by atoms with van der Waals surface area (Å²) in [6.45, 7) is 1.89. The second-order valence-corrected chi connectivity index (χ2v) is 6.53. The molecule has 154 valence electrons. The van der Waals surface area contributed by atoms with Crippen LogP contribution in [0.3, 0.4) is 0 Å². The topological polar surface area (TPSA) is 39.7 Å². The van der Waals surface area contributed by atoms with Crippen molar-refractivity contribution in [2.45, 2.75) is 25.8 Å². The molecule has 0 saturated carbocycles. The zero-order valence-corrected chi connectivity index (χ0v) is 18.5. The van der Waals surface area contributed by atoms with E-state index < -0.39 is 11.7 Å². The molecule has 0 heterocycles. The Hall–Kier alpha value is -1.81. The number of rotatable bonds is 6. The number of hydrogen-bond donors (Lipinski definition) is 2. The van der Waals surface area contributed by atoms with E-state index in [-0.39, 0.29) is 24.0 Å². The first-order chi connectivity index (χ1) is 12.8. The van der Waals surface area contributed by atoms with E-state index in [0.717, 1.165) is 29.8 Å². The second kappa shape index (κ2) is 11.3. The third-order valence-corrected chi connectivity index (χ3v) is 3.95. The molecule has 0 fully saturated rings. The van der Waals surface area contributed by atoms with Gasteiger partial charge in [0.2, 0.25) is 0 Å². The third-order valence-electron chi connectivity index (χ3n) is 3.95. The lowest BCUT2D eigenvalue weighted by molar-refractivity contribution is -0.137. The molecule has 0 atom stereocenters. The van der Waals surface area contributed by atoms with Crippen LogP contribution in [0, 0.1) is 0 Å². The lowest BCUT2D eigenvalue weighted by Crippen LogP contribution is -2.36. The van der Waals surface area contributed by atoms with Crippen molar-refractivity contribution in [3.63, 3.8) is 0 Å². The van der Waals surface area contributed by atoms with Gasteiger partial charge in [-0.1, -0.05) is 36.4 Å². The molecular formula is C20H26F3IN4. The SMILES string of the molecule is CN=C(NCc1ccc(CN(C)C)cc1)NCc1ccc(C(F)(F)F)cc1.I. The van der Waals surface area contributed by atoms with Gasteiger partial charge < -0.3 is 15.5 Å². The predicted molar refractivity (Wildman–Crippen MR) is 118 cm³/mol. The molecule has 28 heavy (non-hydrogen) atoms. The van der Waals surface area contributed by atoms with Crippen LogP contribution in [0.15, 0.2) is 53.5 Å².